The van der Waals surface area contributed by atoms with Crippen LogP contribution in [0.15, 0.2) is 23.3 Å². The molecule has 0 aliphatic heterocycles. The summed E-state index contributed by atoms with van der Waals surface area (Å²) in [6.45, 7) is 3.89. The van der Waals surface area contributed by atoms with Crippen LogP contribution in [0, 0.1) is 6.92 Å². The minimum Gasteiger partial charge on any atom is -0.279 e. The molecule has 3 nitrogen and oxygen atoms in total. The Morgan fingerprint density at radius 1 is 1.50 bits per heavy atom. The Kier molecular flexibility index (Phi) is 2.45. The van der Waals surface area contributed by atoms with E-state index in [-0.39, 0.29) is 0 Å². The van der Waals surface area contributed by atoms with E-state index in [0.717, 1.165) is 16.2 Å². The second-order valence-electron chi connectivity index (χ2n) is 2.91. The molecule has 0 bridgehead atoms. The minimum atomic E-state index is 0.999. The van der Waals surface area contributed by atoms with Crippen molar-refractivity contribution in [2.24, 2.45) is 5.10 Å². The number of benzene rings is 1. The molecule has 0 saturated heterocycles. The van der Waals surface area contributed by atoms with E-state index in [4.69, 9.17) is 0 Å². The average Bonchev–Trinajstić information content (AvgIpc) is 2.54. The standard InChI is InChI=1S/C10H11N3S/c1-3-11-13-8-4-5-9-10(6-8)14-7(2)12-9/h3-6,13H,1-2H3. The van der Waals surface area contributed by atoms with Crippen LogP contribution in [0.4, 0.5) is 5.69 Å². The van der Waals surface area contributed by atoms with Gasteiger partial charge >= 0.3 is 0 Å². The number of aryl methyl sites for hydroxylation is 1. The van der Waals surface area contributed by atoms with Crippen molar-refractivity contribution in [2.75, 3.05) is 5.43 Å². The summed E-state index contributed by atoms with van der Waals surface area (Å²) in [6.07, 6.45) is 1.72. The predicted molar refractivity (Wildman–Crippen MR) is 62.1 cm³/mol. The fourth-order valence-corrected chi connectivity index (χ4v) is 2.11. The predicted octanol–water partition coefficient (Wildman–Crippen LogP) is 3.02. The van der Waals surface area contributed by atoms with Crippen LogP contribution in [-0.2, 0) is 0 Å². The van der Waals surface area contributed by atoms with Gasteiger partial charge in [0.1, 0.15) is 0 Å². The number of thiazole rings is 1. The van der Waals surface area contributed by atoms with Crippen LogP contribution in [0.25, 0.3) is 10.2 Å². The van der Waals surface area contributed by atoms with Gasteiger partial charge in [-0.2, -0.15) is 5.10 Å². The number of fused-ring (bicyclic) bond motifs is 1. The molecule has 0 atom stereocenters. The molecule has 2 rings (SSSR count). The summed E-state index contributed by atoms with van der Waals surface area (Å²) in [7, 11) is 0. The topological polar surface area (TPSA) is 37.3 Å². The van der Waals surface area contributed by atoms with E-state index in [2.05, 4.69) is 21.6 Å². The van der Waals surface area contributed by atoms with E-state index in [9.17, 15) is 0 Å². The van der Waals surface area contributed by atoms with Gasteiger partial charge in [-0.25, -0.2) is 4.98 Å². The number of hydrogen-bond acceptors (Lipinski definition) is 4. The van der Waals surface area contributed by atoms with Crippen LogP contribution in [0.2, 0.25) is 0 Å². The lowest BCUT2D eigenvalue weighted by atomic mass is 10.3. The molecule has 0 amide bonds. The second-order valence-corrected chi connectivity index (χ2v) is 4.15. The van der Waals surface area contributed by atoms with Crippen molar-refractivity contribution >= 4 is 33.5 Å². The smallest absolute Gasteiger partial charge is 0.0907 e. The van der Waals surface area contributed by atoms with Gasteiger partial charge in [-0.15, -0.1) is 11.3 Å². The molecule has 0 aliphatic rings. The lowest BCUT2D eigenvalue weighted by molar-refractivity contribution is 1.33. The lowest BCUT2D eigenvalue weighted by Crippen LogP contribution is -1.86. The van der Waals surface area contributed by atoms with Crippen LogP contribution in [0.1, 0.15) is 11.9 Å². The van der Waals surface area contributed by atoms with Gasteiger partial charge in [0.2, 0.25) is 0 Å². The maximum absolute atomic E-state index is 4.39. The summed E-state index contributed by atoms with van der Waals surface area (Å²) >= 11 is 1.70. The molecule has 0 aliphatic carbocycles. The summed E-state index contributed by atoms with van der Waals surface area (Å²) in [4.78, 5) is 4.39. The van der Waals surface area contributed by atoms with Gasteiger partial charge in [-0.3, -0.25) is 5.43 Å². The molecule has 0 spiro atoms. The molecule has 0 radical (unpaired) electrons. The Hall–Kier alpha value is -1.42. The summed E-state index contributed by atoms with van der Waals surface area (Å²) in [5.41, 5.74) is 5.00. The van der Waals surface area contributed by atoms with Gasteiger partial charge < -0.3 is 0 Å². The number of aromatic nitrogens is 1. The highest BCUT2D eigenvalue weighted by Gasteiger charge is 2.00. The van der Waals surface area contributed by atoms with Crippen molar-refractivity contribution in [1.29, 1.82) is 0 Å². The van der Waals surface area contributed by atoms with Crippen molar-refractivity contribution in [3.63, 3.8) is 0 Å². The number of nitrogens with zero attached hydrogens (tertiary/aromatic N) is 2. The van der Waals surface area contributed by atoms with Crippen molar-refractivity contribution in [1.82, 2.24) is 4.98 Å². The maximum atomic E-state index is 4.39. The highest BCUT2D eigenvalue weighted by Crippen LogP contribution is 2.24. The van der Waals surface area contributed by atoms with Gasteiger partial charge in [-0.05, 0) is 32.0 Å². The molecule has 4 heteroatoms. The molecule has 0 unspecified atom stereocenters. The molecule has 0 saturated carbocycles. The number of hydrazone groups is 1. The van der Waals surface area contributed by atoms with Crippen molar-refractivity contribution in [2.45, 2.75) is 13.8 Å². The zero-order valence-corrected chi connectivity index (χ0v) is 8.93. The molecular weight excluding hydrogens is 194 g/mol. The quantitative estimate of drug-likeness (QED) is 0.604. The minimum absolute atomic E-state index is 0.999. The third-order valence-corrected chi connectivity index (χ3v) is 2.75. The van der Waals surface area contributed by atoms with Gasteiger partial charge in [0.15, 0.2) is 0 Å². The third kappa shape index (κ3) is 1.75. The summed E-state index contributed by atoms with van der Waals surface area (Å²) < 4.78 is 1.19. The Labute approximate surface area is 86.5 Å². The zero-order chi connectivity index (χ0) is 9.97. The van der Waals surface area contributed by atoms with Crippen molar-refractivity contribution in [3.8, 4) is 0 Å². The third-order valence-electron chi connectivity index (χ3n) is 1.82. The molecular formula is C10H11N3S. The fraction of sp³-hybridized carbons (Fsp3) is 0.200. The molecule has 14 heavy (non-hydrogen) atoms. The number of nitrogens with one attached hydrogen (secondary N) is 1. The van der Waals surface area contributed by atoms with Crippen LogP contribution >= 0.6 is 11.3 Å². The summed E-state index contributed by atoms with van der Waals surface area (Å²) in [5, 5.41) is 5.06. The number of hydrogen-bond donors (Lipinski definition) is 1. The first-order valence-electron chi connectivity index (χ1n) is 4.40. The summed E-state index contributed by atoms with van der Waals surface area (Å²) in [6, 6.07) is 6.05. The molecule has 1 N–H and O–H groups in total. The highest BCUT2D eigenvalue weighted by molar-refractivity contribution is 7.18. The van der Waals surface area contributed by atoms with Crippen LogP contribution in [0.5, 0.6) is 0 Å². The Balaban J connectivity index is 2.40. The first kappa shape index (κ1) is 9.15. The molecule has 1 aromatic carbocycles. The van der Waals surface area contributed by atoms with Gasteiger partial charge in [0, 0.05) is 6.21 Å². The molecule has 2 aromatic rings. The molecule has 72 valence electrons. The van der Waals surface area contributed by atoms with Crippen LogP contribution in [-0.4, -0.2) is 11.2 Å². The van der Waals surface area contributed by atoms with Crippen molar-refractivity contribution < 1.29 is 0 Å². The highest BCUT2D eigenvalue weighted by atomic mass is 32.1. The lowest BCUT2D eigenvalue weighted by Gasteiger charge is -1.97. The second kappa shape index (κ2) is 3.75. The van der Waals surface area contributed by atoms with Crippen molar-refractivity contribution in [3.05, 3.63) is 23.2 Å². The van der Waals surface area contributed by atoms with E-state index in [0.29, 0.717) is 0 Å². The van der Waals surface area contributed by atoms with E-state index in [1.807, 2.05) is 26.0 Å². The van der Waals surface area contributed by atoms with Crippen LogP contribution in [0.3, 0.4) is 0 Å². The first-order valence-corrected chi connectivity index (χ1v) is 5.22. The Morgan fingerprint density at radius 2 is 2.36 bits per heavy atom. The normalized spacial score (nSPS) is 11.3. The first-order chi connectivity index (χ1) is 6.79. The fourth-order valence-electron chi connectivity index (χ4n) is 1.25. The maximum Gasteiger partial charge on any atom is 0.0907 e. The largest absolute Gasteiger partial charge is 0.279 e. The SMILES string of the molecule is CC=NNc1ccc2nc(C)sc2c1. The van der Waals surface area contributed by atoms with E-state index >= 15 is 0 Å². The number of anilines is 1. The Morgan fingerprint density at radius 3 is 3.14 bits per heavy atom. The zero-order valence-electron chi connectivity index (χ0n) is 8.11. The van der Waals surface area contributed by atoms with Gasteiger partial charge in [0.05, 0.1) is 20.9 Å². The number of rotatable bonds is 2. The van der Waals surface area contributed by atoms with E-state index < -0.39 is 0 Å². The van der Waals surface area contributed by atoms with E-state index in [1.165, 1.54) is 4.70 Å². The molecule has 1 aromatic heterocycles. The molecule has 0 fully saturated rings. The monoisotopic (exact) mass is 205 g/mol. The van der Waals surface area contributed by atoms with Gasteiger partial charge in [-0.1, -0.05) is 0 Å². The van der Waals surface area contributed by atoms with Gasteiger partial charge in [0.25, 0.3) is 0 Å². The van der Waals surface area contributed by atoms with E-state index in [1.54, 1.807) is 17.6 Å². The Bertz CT molecular complexity index is 473. The average molecular weight is 205 g/mol. The van der Waals surface area contributed by atoms with Crippen LogP contribution < -0.4 is 5.43 Å². The molecule has 1 heterocycles. The summed E-state index contributed by atoms with van der Waals surface area (Å²) in [5.74, 6) is 0.